The maximum atomic E-state index is 5.97. The molecule has 1 aromatic carbocycles. The van der Waals surface area contributed by atoms with Gasteiger partial charge in [-0.3, -0.25) is 0 Å². The van der Waals surface area contributed by atoms with Gasteiger partial charge in [0, 0.05) is 31.6 Å². The molecular formula is C16H25N3S. The van der Waals surface area contributed by atoms with E-state index in [0.29, 0.717) is 16.9 Å². The van der Waals surface area contributed by atoms with Crippen LogP contribution in [0.3, 0.4) is 0 Å². The van der Waals surface area contributed by atoms with Gasteiger partial charge in [0.1, 0.15) is 0 Å². The van der Waals surface area contributed by atoms with Crippen LogP contribution in [0.5, 0.6) is 0 Å². The fourth-order valence-corrected chi connectivity index (χ4v) is 3.38. The summed E-state index contributed by atoms with van der Waals surface area (Å²) in [6, 6.07) is 11.0. The van der Waals surface area contributed by atoms with Gasteiger partial charge in [-0.1, -0.05) is 49.5 Å². The summed E-state index contributed by atoms with van der Waals surface area (Å²) in [5.74, 6) is 0.840. The molecule has 1 heterocycles. The lowest BCUT2D eigenvalue weighted by molar-refractivity contribution is 0.251. The van der Waals surface area contributed by atoms with Crippen molar-refractivity contribution in [3.05, 3.63) is 35.9 Å². The minimum Gasteiger partial charge on any atom is -0.393 e. The summed E-state index contributed by atoms with van der Waals surface area (Å²) < 4.78 is 0. The van der Waals surface area contributed by atoms with Gasteiger partial charge in [-0.25, -0.2) is 0 Å². The second kappa shape index (κ2) is 6.66. The fourth-order valence-electron chi connectivity index (χ4n) is 3.17. The number of nitrogens with zero attached hydrogens (tertiary/aromatic N) is 2. The van der Waals surface area contributed by atoms with E-state index in [4.69, 9.17) is 18.0 Å². The van der Waals surface area contributed by atoms with Gasteiger partial charge in [0.2, 0.25) is 0 Å². The average Bonchev–Trinajstić information content (AvgIpc) is 2.78. The molecule has 3 atom stereocenters. The molecule has 1 aromatic rings. The van der Waals surface area contributed by atoms with Crippen molar-refractivity contribution in [2.75, 3.05) is 33.7 Å². The number of thiocarbonyl (C=S) groups is 1. The molecule has 1 aliphatic heterocycles. The van der Waals surface area contributed by atoms with Gasteiger partial charge in [-0.2, -0.15) is 0 Å². The highest BCUT2D eigenvalue weighted by molar-refractivity contribution is 7.80. The van der Waals surface area contributed by atoms with Gasteiger partial charge in [-0.15, -0.1) is 0 Å². The Balaban J connectivity index is 2.06. The van der Waals surface area contributed by atoms with E-state index in [2.05, 4.69) is 55.1 Å². The van der Waals surface area contributed by atoms with Crippen LogP contribution in [0.2, 0.25) is 0 Å². The first-order valence-electron chi connectivity index (χ1n) is 7.22. The maximum Gasteiger partial charge on any atom is 0.0816 e. The van der Waals surface area contributed by atoms with Gasteiger partial charge in [-0.05, 0) is 25.6 Å². The molecule has 20 heavy (non-hydrogen) atoms. The van der Waals surface area contributed by atoms with Crippen LogP contribution < -0.4 is 5.73 Å². The van der Waals surface area contributed by atoms with Gasteiger partial charge in [0.05, 0.1) is 4.99 Å². The van der Waals surface area contributed by atoms with E-state index in [-0.39, 0.29) is 5.92 Å². The molecule has 1 aliphatic rings. The third-order valence-corrected chi connectivity index (χ3v) is 4.58. The van der Waals surface area contributed by atoms with Crippen LogP contribution in [0.15, 0.2) is 30.3 Å². The standard InChI is InChI=1S/C16H25N3S/c1-12-9-19(11-15(12)18(2)3)10-14(16(17)20)13-7-5-4-6-8-13/h4-8,12,14-15H,9-11H2,1-3H3,(H2,17,20). The van der Waals surface area contributed by atoms with E-state index >= 15 is 0 Å². The maximum absolute atomic E-state index is 5.97. The summed E-state index contributed by atoms with van der Waals surface area (Å²) >= 11 is 5.28. The number of rotatable bonds is 5. The monoisotopic (exact) mass is 291 g/mol. The normalized spacial score (nSPS) is 25.0. The highest BCUT2D eigenvalue weighted by atomic mass is 32.1. The van der Waals surface area contributed by atoms with E-state index in [0.717, 1.165) is 19.6 Å². The van der Waals surface area contributed by atoms with Gasteiger partial charge >= 0.3 is 0 Å². The Kier molecular flexibility index (Phi) is 5.13. The summed E-state index contributed by atoms with van der Waals surface area (Å²) in [6.45, 7) is 5.46. The molecule has 0 bridgehead atoms. The van der Waals surface area contributed by atoms with Crippen molar-refractivity contribution in [3.8, 4) is 0 Å². The van der Waals surface area contributed by atoms with Crippen LogP contribution in [-0.2, 0) is 0 Å². The minimum absolute atomic E-state index is 0.152. The lowest BCUT2D eigenvalue weighted by atomic mass is 9.98. The van der Waals surface area contributed by atoms with E-state index < -0.39 is 0 Å². The third kappa shape index (κ3) is 3.57. The molecule has 0 aliphatic carbocycles. The van der Waals surface area contributed by atoms with Crippen molar-refractivity contribution in [3.63, 3.8) is 0 Å². The Morgan fingerprint density at radius 1 is 1.35 bits per heavy atom. The van der Waals surface area contributed by atoms with Crippen LogP contribution in [0.4, 0.5) is 0 Å². The fraction of sp³-hybridized carbons (Fsp3) is 0.562. The van der Waals surface area contributed by atoms with E-state index in [1.54, 1.807) is 0 Å². The average molecular weight is 291 g/mol. The number of likely N-dealkylation sites (N-methyl/N-ethyl adjacent to an activating group) is 1. The first-order valence-corrected chi connectivity index (χ1v) is 7.63. The van der Waals surface area contributed by atoms with Crippen LogP contribution in [0, 0.1) is 5.92 Å². The van der Waals surface area contributed by atoms with Crippen molar-refractivity contribution in [1.29, 1.82) is 0 Å². The molecule has 1 fully saturated rings. The van der Waals surface area contributed by atoms with E-state index in [9.17, 15) is 0 Å². The summed E-state index contributed by atoms with van der Waals surface area (Å²) in [5, 5.41) is 0. The molecule has 0 aromatic heterocycles. The zero-order valence-electron chi connectivity index (χ0n) is 12.6. The number of likely N-dealkylation sites (tertiary alicyclic amines) is 1. The van der Waals surface area contributed by atoms with Crippen molar-refractivity contribution < 1.29 is 0 Å². The Labute approximate surface area is 127 Å². The Bertz CT molecular complexity index is 446. The first kappa shape index (κ1) is 15.4. The number of hydrogen-bond acceptors (Lipinski definition) is 3. The quantitative estimate of drug-likeness (QED) is 0.840. The lowest BCUT2D eigenvalue weighted by Gasteiger charge is -2.25. The van der Waals surface area contributed by atoms with Crippen LogP contribution in [0.1, 0.15) is 18.4 Å². The summed E-state index contributed by atoms with van der Waals surface area (Å²) in [6.07, 6.45) is 0. The minimum atomic E-state index is 0.152. The highest BCUT2D eigenvalue weighted by Crippen LogP contribution is 2.24. The second-order valence-corrected chi connectivity index (χ2v) is 6.56. The van der Waals surface area contributed by atoms with Crippen molar-refractivity contribution in [1.82, 2.24) is 9.80 Å². The largest absolute Gasteiger partial charge is 0.393 e. The molecule has 110 valence electrons. The van der Waals surface area contributed by atoms with E-state index in [1.807, 2.05) is 6.07 Å². The summed E-state index contributed by atoms with van der Waals surface area (Å²) in [4.78, 5) is 5.41. The SMILES string of the molecule is CC1CN(CC(C(N)=S)c2ccccc2)CC1N(C)C. The smallest absolute Gasteiger partial charge is 0.0816 e. The predicted octanol–water partition coefficient (Wildman–Crippen LogP) is 1.94. The topological polar surface area (TPSA) is 32.5 Å². The van der Waals surface area contributed by atoms with Crippen molar-refractivity contribution >= 4 is 17.2 Å². The zero-order chi connectivity index (χ0) is 14.7. The second-order valence-electron chi connectivity index (χ2n) is 6.09. The Morgan fingerprint density at radius 3 is 2.50 bits per heavy atom. The number of benzene rings is 1. The summed E-state index contributed by atoms with van der Waals surface area (Å²) in [5.41, 5.74) is 7.19. The Hall–Kier alpha value is -0.970. The third-order valence-electron chi connectivity index (χ3n) is 4.30. The molecule has 3 nitrogen and oxygen atoms in total. The molecule has 4 heteroatoms. The predicted molar refractivity (Wildman–Crippen MR) is 89.0 cm³/mol. The highest BCUT2D eigenvalue weighted by Gasteiger charge is 2.32. The van der Waals surface area contributed by atoms with Gasteiger partial charge < -0.3 is 15.5 Å². The molecule has 1 saturated heterocycles. The van der Waals surface area contributed by atoms with Crippen LogP contribution in [0.25, 0.3) is 0 Å². The zero-order valence-corrected chi connectivity index (χ0v) is 13.4. The van der Waals surface area contributed by atoms with Crippen molar-refractivity contribution in [2.24, 2.45) is 11.7 Å². The van der Waals surface area contributed by atoms with Gasteiger partial charge in [0.15, 0.2) is 0 Å². The molecule has 0 saturated carbocycles. The molecule has 3 unspecified atom stereocenters. The van der Waals surface area contributed by atoms with Gasteiger partial charge in [0.25, 0.3) is 0 Å². The Morgan fingerprint density at radius 2 is 2.00 bits per heavy atom. The molecular weight excluding hydrogens is 266 g/mol. The first-order chi connectivity index (χ1) is 9.49. The molecule has 0 spiro atoms. The van der Waals surface area contributed by atoms with Crippen molar-refractivity contribution in [2.45, 2.75) is 18.9 Å². The van der Waals surface area contributed by atoms with E-state index in [1.165, 1.54) is 5.56 Å². The molecule has 2 rings (SSSR count). The summed E-state index contributed by atoms with van der Waals surface area (Å²) in [7, 11) is 4.32. The number of nitrogens with two attached hydrogens (primary N) is 1. The lowest BCUT2D eigenvalue weighted by Crippen LogP contribution is -2.36. The molecule has 2 N–H and O–H groups in total. The van der Waals surface area contributed by atoms with Crippen LogP contribution >= 0.6 is 12.2 Å². The number of hydrogen-bond donors (Lipinski definition) is 1. The van der Waals surface area contributed by atoms with Crippen LogP contribution in [-0.4, -0.2) is 54.6 Å². The molecule has 0 amide bonds. The molecule has 0 radical (unpaired) electrons.